The summed E-state index contributed by atoms with van der Waals surface area (Å²) in [6, 6.07) is 13.0. The van der Waals surface area contributed by atoms with Gasteiger partial charge in [-0.05, 0) is 55.7 Å². The highest BCUT2D eigenvalue weighted by molar-refractivity contribution is 7.93. The van der Waals surface area contributed by atoms with E-state index in [1.807, 2.05) is 12.1 Å². The first-order chi connectivity index (χ1) is 13.1. The van der Waals surface area contributed by atoms with Crippen LogP contribution in [0.25, 0.3) is 10.9 Å². The predicted molar refractivity (Wildman–Crippen MR) is 105 cm³/mol. The quantitative estimate of drug-likeness (QED) is 0.732. The lowest BCUT2D eigenvalue weighted by atomic mass is 10.1. The number of halogens is 1. The van der Waals surface area contributed by atoms with Crippen LogP contribution in [0, 0.1) is 5.82 Å². The van der Waals surface area contributed by atoms with Gasteiger partial charge in [0, 0.05) is 24.7 Å². The van der Waals surface area contributed by atoms with Crippen molar-refractivity contribution in [2.45, 2.75) is 24.2 Å². The van der Waals surface area contributed by atoms with E-state index in [-0.39, 0.29) is 15.8 Å². The highest BCUT2D eigenvalue weighted by Crippen LogP contribution is 2.31. The van der Waals surface area contributed by atoms with Crippen LogP contribution in [0.3, 0.4) is 0 Å². The molecule has 27 heavy (non-hydrogen) atoms. The van der Waals surface area contributed by atoms with Gasteiger partial charge in [-0.3, -0.25) is 9.71 Å². The number of sulfonamides is 1. The van der Waals surface area contributed by atoms with E-state index in [9.17, 15) is 12.8 Å². The maximum Gasteiger partial charge on any atom is 0.262 e. The Balaban J connectivity index is 1.74. The van der Waals surface area contributed by atoms with Gasteiger partial charge < -0.3 is 4.90 Å². The summed E-state index contributed by atoms with van der Waals surface area (Å²) in [6.45, 7) is 1.81. The molecule has 1 aliphatic heterocycles. The second-order valence-corrected chi connectivity index (χ2v) is 8.27. The van der Waals surface area contributed by atoms with Crippen molar-refractivity contribution in [3.8, 4) is 0 Å². The zero-order valence-electron chi connectivity index (χ0n) is 14.7. The molecule has 0 amide bonds. The highest BCUT2D eigenvalue weighted by Gasteiger charge is 2.22. The molecule has 0 aliphatic carbocycles. The lowest BCUT2D eigenvalue weighted by molar-refractivity contribution is 0.578. The van der Waals surface area contributed by atoms with E-state index >= 15 is 0 Å². The van der Waals surface area contributed by atoms with Crippen LogP contribution in [-0.2, 0) is 10.0 Å². The Morgan fingerprint density at radius 2 is 1.74 bits per heavy atom. The SMILES string of the molecule is O=S(=O)(Nc1ccccc1N1CCCCC1)c1ccc(F)c2ncccc12. The third kappa shape index (κ3) is 3.47. The van der Waals surface area contributed by atoms with E-state index in [1.165, 1.54) is 18.7 Å². The van der Waals surface area contributed by atoms with Crippen molar-refractivity contribution in [3.05, 3.63) is 60.5 Å². The molecule has 4 rings (SSSR count). The van der Waals surface area contributed by atoms with E-state index < -0.39 is 15.8 Å². The Morgan fingerprint density at radius 3 is 2.56 bits per heavy atom. The predicted octanol–water partition coefficient (Wildman–Crippen LogP) is 4.17. The Morgan fingerprint density at radius 1 is 0.963 bits per heavy atom. The first-order valence-corrected chi connectivity index (χ1v) is 10.4. The molecular weight excluding hydrogens is 365 g/mol. The summed E-state index contributed by atoms with van der Waals surface area (Å²) < 4.78 is 42.9. The van der Waals surface area contributed by atoms with Gasteiger partial charge in [-0.25, -0.2) is 12.8 Å². The largest absolute Gasteiger partial charge is 0.370 e. The second kappa shape index (κ2) is 7.15. The topological polar surface area (TPSA) is 62.3 Å². The molecule has 0 unspecified atom stereocenters. The summed E-state index contributed by atoms with van der Waals surface area (Å²) in [4.78, 5) is 6.19. The van der Waals surface area contributed by atoms with E-state index in [4.69, 9.17) is 0 Å². The van der Waals surface area contributed by atoms with Gasteiger partial charge in [0.1, 0.15) is 11.3 Å². The molecule has 140 valence electrons. The zero-order valence-corrected chi connectivity index (χ0v) is 15.5. The molecule has 1 aromatic heterocycles. The van der Waals surface area contributed by atoms with Crippen LogP contribution in [0.4, 0.5) is 15.8 Å². The number of para-hydroxylation sites is 2. The van der Waals surface area contributed by atoms with Gasteiger partial charge in [0.05, 0.1) is 16.3 Å². The second-order valence-electron chi connectivity index (χ2n) is 6.62. The monoisotopic (exact) mass is 385 g/mol. The minimum absolute atomic E-state index is 0.0143. The summed E-state index contributed by atoms with van der Waals surface area (Å²) in [5.74, 6) is -0.543. The van der Waals surface area contributed by atoms with Gasteiger partial charge in [0.15, 0.2) is 0 Å². The summed E-state index contributed by atoms with van der Waals surface area (Å²) in [6.07, 6.45) is 4.82. The number of hydrogen-bond donors (Lipinski definition) is 1. The highest BCUT2D eigenvalue weighted by atomic mass is 32.2. The minimum Gasteiger partial charge on any atom is -0.370 e. The Labute approximate surface area is 157 Å². The van der Waals surface area contributed by atoms with Crippen molar-refractivity contribution < 1.29 is 12.8 Å². The average Bonchev–Trinajstić information content (AvgIpc) is 2.69. The third-order valence-corrected chi connectivity index (χ3v) is 6.24. The van der Waals surface area contributed by atoms with E-state index in [1.54, 1.807) is 24.3 Å². The van der Waals surface area contributed by atoms with Crippen LogP contribution >= 0.6 is 0 Å². The maximum atomic E-state index is 14.0. The van der Waals surface area contributed by atoms with Crippen molar-refractivity contribution in [1.82, 2.24) is 4.98 Å². The number of nitrogens with zero attached hydrogens (tertiary/aromatic N) is 2. The summed E-state index contributed by atoms with van der Waals surface area (Å²) >= 11 is 0. The normalized spacial score (nSPS) is 15.1. The molecule has 0 radical (unpaired) electrons. The number of pyridine rings is 1. The molecular formula is C20H20FN3O2S. The number of nitrogens with one attached hydrogen (secondary N) is 1. The summed E-state index contributed by atoms with van der Waals surface area (Å²) in [5, 5.41) is 0.264. The number of rotatable bonds is 4. The molecule has 3 aromatic rings. The molecule has 1 aliphatic rings. The Bertz CT molecular complexity index is 1080. The van der Waals surface area contributed by atoms with Crippen LogP contribution in [0.1, 0.15) is 19.3 Å². The van der Waals surface area contributed by atoms with Crippen LogP contribution in [-0.4, -0.2) is 26.5 Å². The molecule has 2 aromatic carbocycles. The molecule has 0 atom stereocenters. The first kappa shape index (κ1) is 17.7. The molecule has 0 spiro atoms. The van der Waals surface area contributed by atoms with E-state index in [2.05, 4.69) is 14.6 Å². The summed E-state index contributed by atoms with van der Waals surface area (Å²) in [7, 11) is -3.90. The number of benzene rings is 2. The number of aromatic nitrogens is 1. The minimum atomic E-state index is -3.90. The fraction of sp³-hybridized carbons (Fsp3) is 0.250. The molecule has 7 heteroatoms. The van der Waals surface area contributed by atoms with Crippen molar-refractivity contribution in [2.75, 3.05) is 22.7 Å². The fourth-order valence-corrected chi connectivity index (χ4v) is 4.79. The van der Waals surface area contributed by atoms with Gasteiger partial charge >= 0.3 is 0 Å². The van der Waals surface area contributed by atoms with Crippen LogP contribution in [0.5, 0.6) is 0 Å². The first-order valence-electron chi connectivity index (χ1n) is 8.96. The van der Waals surface area contributed by atoms with Crippen LogP contribution in [0.2, 0.25) is 0 Å². The molecule has 1 fully saturated rings. The molecule has 5 nitrogen and oxygen atoms in total. The fourth-order valence-electron chi connectivity index (χ4n) is 3.52. The average molecular weight is 385 g/mol. The number of piperidine rings is 1. The number of anilines is 2. The number of fused-ring (bicyclic) bond motifs is 1. The van der Waals surface area contributed by atoms with Crippen molar-refractivity contribution in [3.63, 3.8) is 0 Å². The van der Waals surface area contributed by atoms with Gasteiger partial charge in [-0.2, -0.15) is 0 Å². The third-order valence-electron chi connectivity index (χ3n) is 4.82. The lowest BCUT2D eigenvalue weighted by Gasteiger charge is -2.30. The van der Waals surface area contributed by atoms with E-state index in [0.29, 0.717) is 5.69 Å². The van der Waals surface area contributed by atoms with E-state index in [0.717, 1.165) is 37.7 Å². The molecule has 0 bridgehead atoms. The molecule has 0 saturated carbocycles. The van der Waals surface area contributed by atoms with Crippen molar-refractivity contribution >= 4 is 32.3 Å². The van der Waals surface area contributed by atoms with Crippen LogP contribution in [0.15, 0.2) is 59.6 Å². The number of hydrogen-bond acceptors (Lipinski definition) is 4. The van der Waals surface area contributed by atoms with Gasteiger partial charge in [0.25, 0.3) is 10.0 Å². The van der Waals surface area contributed by atoms with Crippen molar-refractivity contribution in [1.29, 1.82) is 0 Å². The standard InChI is InChI=1S/C20H20FN3O2S/c21-16-10-11-19(15-7-6-12-22-20(15)16)27(25,26)23-17-8-2-3-9-18(17)24-13-4-1-5-14-24/h2-3,6-12,23H,1,4-5,13-14H2. The Hall–Kier alpha value is -2.67. The zero-order chi connectivity index (χ0) is 18.9. The molecule has 1 saturated heterocycles. The molecule has 2 heterocycles. The molecule has 1 N–H and O–H groups in total. The van der Waals surface area contributed by atoms with Gasteiger partial charge in [-0.15, -0.1) is 0 Å². The lowest BCUT2D eigenvalue weighted by Crippen LogP contribution is -2.30. The summed E-state index contributed by atoms with van der Waals surface area (Å²) in [5.41, 5.74) is 1.44. The van der Waals surface area contributed by atoms with Crippen molar-refractivity contribution in [2.24, 2.45) is 0 Å². The van der Waals surface area contributed by atoms with Gasteiger partial charge in [-0.1, -0.05) is 12.1 Å². The van der Waals surface area contributed by atoms with Crippen LogP contribution < -0.4 is 9.62 Å². The Kier molecular flexibility index (Phi) is 4.70. The van der Waals surface area contributed by atoms with Gasteiger partial charge in [0.2, 0.25) is 0 Å². The smallest absolute Gasteiger partial charge is 0.262 e. The maximum absolute atomic E-state index is 14.0.